The SMILES string of the molecule is N=C(N)N1CCCCC1CCOc1ccc(C2CCC3CCCCN32)cc1. The van der Waals surface area contributed by atoms with Gasteiger partial charge in [0, 0.05) is 31.1 Å². The van der Waals surface area contributed by atoms with Crippen LogP contribution in [0.3, 0.4) is 0 Å². The first-order chi connectivity index (χ1) is 13.2. The maximum Gasteiger partial charge on any atom is 0.188 e. The summed E-state index contributed by atoms with van der Waals surface area (Å²) in [5, 5.41) is 7.75. The lowest BCUT2D eigenvalue weighted by atomic mass is 10.00. The van der Waals surface area contributed by atoms with E-state index in [-0.39, 0.29) is 5.96 Å². The Morgan fingerprint density at radius 1 is 1.00 bits per heavy atom. The molecule has 3 aliphatic rings. The molecule has 3 atom stereocenters. The zero-order valence-corrected chi connectivity index (χ0v) is 16.4. The van der Waals surface area contributed by atoms with Gasteiger partial charge in [0.15, 0.2) is 5.96 Å². The van der Waals surface area contributed by atoms with E-state index in [0.717, 1.165) is 37.6 Å². The lowest BCUT2D eigenvalue weighted by Gasteiger charge is -2.36. The van der Waals surface area contributed by atoms with Gasteiger partial charge in [-0.1, -0.05) is 18.6 Å². The molecule has 3 N–H and O–H groups in total. The van der Waals surface area contributed by atoms with Crippen LogP contribution >= 0.6 is 0 Å². The molecule has 27 heavy (non-hydrogen) atoms. The molecule has 0 saturated carbocycles. The molecule has 4 rings (SSSR count). The Balaban J connectivity index is 1.29. The third-order valence-electron chi connectivity index (χ3n) is 6.77. The molecule has 3 saturated heterocycles. The predicted molar refractivity (Wildman–Crippen MR) is 109 cm³/mol. The Morgan fingerprint density at radius 3 is 2.59 bits per heavy atom. The average Bonchev–Trinajstić information content (AvgIpc) is 3.13. The molecule has 0 aromatic heterocycles. The molecule has 3 fully saturated rings. The Labute approximate surface area is 163 Å². The van der Waals surface area contributed by atoms with Crippen molar-refractivity contribution in [3.05, 3.63) is 29.8 Å². The number of likely N-dealkylation sites (tertiary alicyclic amines) is 1. The maximum absolute atomic E-state index is 7.75. The van der Waals surface area contributed by atoms with Gasteiger partial charge in [0.05, 0.1) is 6.61 Å². The van der Waals surface area contributed by atoms with Crippen molar-refractivity contribution >= 4 is 5.96 Å². The van der Waals surface area contributed by atoms with Crippen molar-refractivity contribution in [3.8, 4) is 5.75 Å². The van der Waals surface area contributed by atoms with Crippen molar-refractivity contribution in [1.82, 2.24) is 9.80 Å². The number of ether oxygens (including phenoxy) is 1. The van der Waals surface area contributed by atoms with Crippen molar-refractivity contribution < 1.29 is 4.74 Å². The zero-order chi connectivity index (χ0) is 18.6. The second-order valence-electron chi connectivity index (χ2n) is 8.41. The molecule has 3 aliphatic heterocycles. The molecule has 5 nitrogen and oxygen atoms in total. The Kier molecular flexibility index (Phi) is 5.86. The minimum Gasteiger partial charge on any atom is -0.494 e. The smallest absolute Gasteiger partial charge is 0.188 e. The fourth-order valence-corrected chi connectivity index (χ4v) is 5.33. The molecule has 3 unspecified atom stereocenters. The van der Waals surface area contributed by atoms with E-state index in [1.165, 1.54) is 50.6 Å². The topological polar surface area (TPSA) is 65.6 Å². The van der Waals surface area contributed by atoms with Gasteiger partial charge in [-0.2, -0.15) is 0 Å². The Hall–Kier alpha value is -1.75. The van der Waals surface area contributed by atoms with Gasteiger partial charge >= 0.3 is 0 Å². The normalized spacial score (nSPS) is 28.7. The summed E-state index contributed by atoms with van der Waals surface area (Å²) in [6, 6.07) is 10.6. The number of hydrogen-bond acceptors (Lipinski definition) is 3. The van der Waals surface area contributed by atoms with E-state index in [1.54, 1.807) is 0 Å². The summed E-state index contributed by atoms with van der Waals surface area (Å²) >= 11 is 0. The van der Waals surface area contributed by atoms with Crippen LogP contribution in [0.4, 0.5) is 0 Å². The predicted octanol–water partition coefficient (Wildman–Crippen LogP) is 3.89. The highest BCUT2D eigenvalue weighted by atomic mass is 16.5. The standard InChI is InChI=1S/C22H34N4O/c23-22(24)26-15-4-2-6-19(26)13-16-27-20-10-7-17(8-11-20)21-12-9-18-5-1-3-14-25(18)21/h7-8,10-11,18-19,21H,1-6,9,12-16H2,(H3,23,24). The van der Waals surface area contributed by atoms with Crippen LogP contribution in [-0.2, 0) is 0 Å². The number of piperidine rings is 2. The number of benzene rings is 1. The molecular formula is C22H34N4O. The van der Waals surface area contributed by atoms with E-state index in [1.807, 2.05) is 4.90 Å². The molecule has 0 aliphatic carbocycles. The third kappa shape index (κ3) is 4.23. The third-order valence-corrected chi connectivity index (χ3v) is 6.77. The van der Waals surface area contributed by atoms with Crippen molar-refractivity contribution in [2.45, 2.75) is 75.9 Å². The molecule has 1 aromatic rings. The summed E-state index contributed by atoms with van der Waals surface area (Å²) < 4.78 is 6.01. The number of fused-ring (bicyclic) bond motifs is 1. The summed E-state index contributed by atoms with van der Waals surface area (Å²) in [6.45, 7) is 2.86. The highest BCUT2D eigenvalue weighted by Crippen LogP contribution is 2.40. The fraction of sp³-hybridized carbons (Fsp3) is 0.682. The van der Waals surface area contributed by atoms with Gasteiger partial charge in [-0.05, 0) is 69.2 Å². The van der Waals surface area contributed by atoms with E-state index in [4.69, 9.17) is 15.9 Å². The van der Waals surface area contributed by atoms with Crippen LogP contribution in [-0.4, -0.2) is 47.5 Å². The monoisotopic (exact) mass is 370 g/mol. The number of nitrogens with zero attached hydrogens (tertiary/aromatic N) is 2. The van der Waals surface area contributed by atoms with Crippen LogP contribution in [0.25, 0.3) is 0 Å². The minimum atomic E-state index is 0.205. The summed E-state index contributed by atoms with van der Waals surface area (Å²) in [6.07, 6.45) is 11.2. The second-order valence-corrected chi connectivity index (χ2v) is 8.41. The Morgan fingerprint density at radius 2 is 1.78 bits per heavy atom. The minimum absolute atomic E-state index is 0.205. The number of hydrogen-bond donors (Lipinski definition) is 2. The van der Waals surface area contributed by atoms with E-state index < -0.39 is 0 Å². The quantitative estimate of drug-likeness (QED) is 0.609. The number of nitrogens with one attached hydrogen (secondary N) is 1. The summed E-state index contributed by atoms with van der Waals surface area (Å²) in [5.74, 6) is 1.16. The molecule has 148 valence electrons. The van der Waals surface area contributed by atoms with Gasteiger partial charge < -0.3 is 15.4 Å². The lowest BCUT2D eigenvalue weighted by Crippen LogP contribution is -2.47. The molecule has 3 heterocycles. The molecule has 1 aromatic carbocycles. The van der Waals surface area contributed by atoms with Gasteiger partial charge in [0.2, 0.25) is 0 Å². The van der Waals surface area contributed by atoms with Crippen LogP contribution in [0.15, 0.2) is 24.3 Å². The van der Waals surface area contributed by atoms with E-state index in [0.29, 0.717) is 18.7 Å². The fourth-order valence-electron chi connectivity index (χ4n) is 5.33. The zero-order valence-electron chi connectivity index (χ0n) is 16.4. The maximum atomic E-state index is 7.75. The van der Waals surface area contributed by atoms with Crippen molar-refractivity contribution in [2.75, 3.05) is 19.7 Å². The van der Waals surface area contributed by atoms with Gasteiger partial charge in [0.25, 0.3) is 0 Å². The van der Waals surface area contributed by atoms with Crippen LogP contribution < -0.4 is 10.5 Å². The average molecular weight is 371 g/mol. The molecule has 5 heteroatoms. The van der Waals surface area contributed by atoms with Crippen LogP contribution in [0.2, 0.25) is 0 Å². The Bertz CT molecular complexity index is 632. The molecule has 0 bridgehead atoms. The second kappa shape index (κ2) is 8.51. The summed E-state index contributed by atoms with van der Waals surface area (Å²) in [4.78, 5) is 4.77. The van der Waals surface area contributed by atoms with Crippen molar-refractivity contribution in [1.29, 1.82) is 5.41 Å². The number of guanidine groups is 1. The lowest BCUT2D eigenvalue weighted by molar-refractivity contribution is 0.150. The highest BCUT2D eigenvalue weighted by Gasteiger charge is 2.35. The van der Waals surface area contributed by atoms with Crippen LogP contribution in [0.1, 0.15) is 69.4 Å². The van der Waals surface area contributed by atoms with Crippen LogP contribution in [0.5, 0.6) is 5.75 Å². The number of rotatable bonds is 5. The largest absolute Gasteiger partial charge is 0.494 e. The highest BCUT2D eigenvalue weighted by molar-refractivity contribution is 5.75. The van der Waals surface area contributed by atoms with Crippen molar-refractivity contribution in [3.63, 3.8) is 0 Å². The first kappa shape index (κ1) is 18.6. The van der Waals surface area contributed by atoms with Gasteiger partial charge in [0.1, 0.15) is 5.75 Å². The van der Waals surface area contributed by atoms with Crippen LogP contribution in [0, 0.1) is 5.41 Å². The van der Waals surface area contributed by atoms with Crippen molar-refractivity contribution in [2.24, 2.45) is 5.73 Å². The molecular weight excluding hydrogens is 336 g/mol. The van der Waals surface area contributed by atoms with E-state index >= 15 is 0 Å². The van der Waals surface area contributed by atoms with E-state index in [9.17, 15) is 0 Å². The van der Waals surface area contributed by atoms with Gasteiger partial charge in [-0.3, -0.25) is 10.3 Å². The first-order valence-corrected chi connectivity index (χ1v) is 10.8. The number of nitrogens with two attached hydrogens (primary N) is 1. The van der Waals surface area contributed by atoms with E-state index in [2.05, 4.69) is 29.2 Å². The summed E-state index contributed by atoms with van der Waals surface area (Å²) in [7, 11) is 0. The molecule has 0 amide bonds. The molecule has 0 radical (unpaired) electrons. The van der Waals surface area contributed by atoms with Gasteiger partial charge in [-0.25, -0.2) is 0 Å². The molecule has 0 spiro atoms. The first-order valence-electron chi connectivity index (χ1n) is 10.8. The van der Waals surface area contributed by atoms with Gasteiger partial charge in [-0.15, -0.1) is 0 Å². The summed E-state index contributed by atoms with van der Waals surface area (Å²) in [5.41, 5.74) is 7.17.